The van der Waals surface area contributed by atoms with Crippen molar-refractivity contribution >= 4 is 29.2 Å². The summed E-state index contributed by atoms with van der Waals surface area (Å²) in [6, 6.07) is 6.50. The second kappa shape index (κ2) is 7.64. The molecule has 1 aliphatic heterocycles. The van der Waals surface area contributed by atoms with Gasteiger partial charge >= 0.3 is 0 Å². The van der Waals surface area contributed by atoms with Crippen molar-refractivity contribution < 1.29 is 19.2 Å². The number of Topliss-reactive ketones (excluding diaryl/α,β-unsaturated/α-hetero) is 1. The number of anilines is 1. The number of benzene rings is 1. The van der Waals surface area contributed by atoms with Gasteiger partial charge in [-0.1, -0.05) is 19.1 Å². The minimum Gasteiger partial charge on any atom is -0.326 e. The molecule has 0 saturated carbocycles. The highest BCUT2D eigenvalue weighted by Crippen LogP contribution is 2.35. The van der Waals surface area contributed by atoms with E-state index in [0.717, 1.165) is 11.3 Å². The van der Waals surface area contributed by atoms with Crippen LogP contribution >= 0.6 is 0 Å². The zero-order chi connectivity index (χ0) is 18.7. The Morgan fingerprint density at radius 1 is 1.04 bits per heavy atom. The third-order valence-corrected chi connectivity index (χ3v) is 4.87. The van der Waals surface area contributed by atoms with Crippen molar-refractivity contribution in [1.29, 1.82) is 0 Å². The zero-order valence-electron chi connectivity index (χ0n) is 14.7. The van der Waals surface area contributed by atoms with Crippen LogP contribution in [0.15, 0.2) is 36.4 Å². The summed E-state index contributed by atoms with van der Waals surface area (Å²) >= 11 is 0. The van der Waals surface area contributed by atoms with Gasteiger partial charge < -0.3 is 5.32 Å². The zero-order valence-corrected chi connectivity index (χ0v) is 14.7. The summed E-state index contributed by atoms with van der Waals surface area (Å²) in [5.41, 5.74) is 1.03. The Morgan fingerprint density at radius 2 is 1.62 bits per heavy atom. The molecule has 0 bridgehead atoms. The number of carbonyl (C=O) groups is 4. The van der Waals surface area contributed by atoms with E-state index >= 15 is 0 Å². The van der Waals surface area contributed by atoms with Crippen LogP contribution in [0.1, 0.15) is 43.0 Å². The quantitative estimate of drug-likeness (QED) is 0.483. The molecule has 3 amide bonds. The molecule has 1 heterocycles. The number of hydrogen-bond acceptors (Lipinski definition) is 4. The maximum absolute atomic E-state index is 12.5. The van der Waals surface area contributed by atoms with E-state index < -0.39 is 0 Å². The van der Waals surface area contributed by atoms with Gasteiger partial charge in [0, 0.05) is 17.7 Å². The molecule has 3 rings (SSSR count). The number of allylic oxidation sites excluding steroid dienone is 2. The first-order valence-electron chi connectivity index (χ1n) is 8.94. The first-order chi connectivity index (χ1) is 12.5. The summed E-state index contributed by atoms with van der Waals surface area (Å²) in [5.74, 6) is -1.50. The summed E-state index contributed by atoms with van der Waals surface area (Å²) in [6.45, 7) is 1.70. The SMILES string of the molecule is CCCC(=O)Nc1ccc(C(=O)CN2C(=O)[C@H]3CC=CC[C@H]3C2=O)cc1. The molecular formula is C20H22N2O4. The van der Waals surface area contributed by atoms with E-state index in [2.05, 4.69) is 5.32 Å². The van der Waals surface area contributed by atoms with Crippen LogP contribution in [0, 0.1) is 11.8 Å². The average Bonchev–Trinajstić information content (AvgIpc) is 2.88. The van der Waals surface area contributed by atoms with E-state index in [1.54, 1.807) is 24.3 Å². The largest absolute Gasteiger partial charge is 0.326 e. The molecule has 2 aliphatic rings. The molecule has 0 aromatic heterocycles. The minimum absolute atomic E-state index is 0.0731. The van der Waals surface area contributed by atoms with Gasteiger partial charge in [-0.05, 0) is 43.5 Å². The van der Waals surface area contributed by atoms with E-state index in [9.17, 15) is 19.2 Å². The molecule has 6 heteroatoms. The summed E-state index contributed by atoms with van der Waals surface area (Å²) < 4.78 is 0. The maximum atomic E-state index is 12.5. The van der Waals surface area contributed by atoms with Crippen LogP contribution in [0.5, 0.6) is 0 Å². The third-order valence-electron chi connectivity index (χ3n) is 4.87. The normalized spacial score (nSPS) is 21.7. The highest BCUT2D eigenvalue weighted by molar-refractivity contribution is 6.10. The van der Waals surface area contributed by atoms with Gasteiger partial charge in [0.15, 0.2) is 5.78 Å². The molecule has 0 radical (unpaired) electrons. The molecule has 1 saturated heterocycles. The lowest BCUT2D eigenvalue weighted by molar-refractivity contribution is -0.139. The molecule has 1 N–H and O–H groups in total. The second-order valence-electron chi connectivity index (χ2n) is 6.72. The lowest BCUT2D eigenvalue weighted by Gasteiger charge is -2.14. The minimum atomic E-state index is -0.323. The first-order valence-corrected chi connectivity index (χ1v) is 8.94. The number of carbonyl (C=O) groups excluding carboxylic acids is 4. The van der Waals surface area contributed by atoms with Gasteiger partial charge in [-0.2, -0.15) is 0 Å². The molecule has 1 fully saturated rings. The number of rotatable bonds is 6. The Labute approximate surface area is 152 Å². The summed E-state index contributed by atoms with van der Waals surface area (Å²) in [6.07, 6.45) is 6.17. The van der Waals surface area contributed by atoms with Crippen LogP contribution in [0.3, 0.4) is 0 Å². The van der Waals surface area contributed by atoms with Crippen LogP contribution in [-0.4, -0.2) is 34.9 Å². The van der Waals surface area contributed by atoms with Crippen molar-refractivity contribution in [3.63, 3.8) is 0 Å². The number of imide groups is 1. The van der Waals surface area contributed by atoms with Gasteiger partial charge in [-0.15, -0.1) is 0 Å². The molecule has 26 heavy (non-hydrogen) atoms. The van der Waals surface area contributed by atoms with Crippen molar-refractivity contribution in [3.8, 4) is 0 Å². The van der Waals surface area contributed by atoms with Crippen LogP contribution in [0.25, 0.3) is 0 Å². The Balaban J connectivity index is 1.64. The Hall–Kier alpha value is -2.76. The van der Waals surface area contributed by atoms with E-state index in [1.807, 2.05) is 19.1 Å². The van der Waals surface area contributed by atoms with Gasteiger partial charge in [0.25, 0.3) is 0 Å². The number of nitrogens with one attached hydrogen (secondary N) is 1. The van der Waals surface area contributed by atoms with Crippen molar-refractivity contribution in [2.24, 2.45) is 11.8 Å². The lowest BCUT2D eigenvalue weighted by Crippen LogP contribution is -2.36. The molecule has 2 atom stereocenters. The number of likely N-dealkylation sites (tertiary alicyclic amines) is 1. The fourth-order valence-corrected chi connectivity index (χ4v) is 3.45. The van der Waals surface area contributed by atoms with Gasteiger partial charge in [0.05, 0.1) is 18.4 Å². The van der Waals surface area contributed by atoms with Crippen LogP contribution in [0.4, 0.5) is 5.69 Å². The summed E-state index contributed by atoms with van der Waals surface area (Å²) in [7, 11) is 0. The molecule has 1 aliphatic carbocycles. The fraction of sp³-hybridized carbons (Fsp3) is 0.400. The third kappa shape index (κ3) is 3.59. The molecule has 1 aromatic rings. The summed E-state index contributed by atoms with van der Waals surface area (Å²) in [4.78, 5) is 50.0. The molecule has 0 spiro atoms. The van der Waals surface area contributed by atoms with Crippen molar-refractivity contribution in [3.05, 3.63) is 42.0 Å². The number of hydrogen-bond donors (Lipinski definition) is 1. The van der Waals surface area contributed by atoms with Gasteiger partial charge in [-0.3, -0.25) is 24.1 Å². The van der Waals surface area contributed by atoms with Gasteiger partial charge in [-0.25, -0.2) is 0 Å². The molecule has 1 aromatic carbocycles. The van der Waals surface area contributed by atoms with E-state index in [0.29, 0.717) is 30.5 Å². The molecule has 0 unspecified atom stereocenters. The second-order valence-corrected chi connectivity index (χ2v) is 6.72. The smallest absolute Gasteiger partial charge is 0.233 e. The highest BCUT2D eigenvalue weighted by Gasteiger charge is 2.47. The number of nitrogens with zero attached hydrogens (tertiary/aromatic N) is 1. The summed E-state index contributed by atoms with van der Waals surface area (Å²) in [5, 5.41) is 2.75. The van der Waals surface area contributed by atoms with E-state index in [1.165, 1.54) is 0 Å². The van der Waals surface area contributed by atoms with Crippen molar-refractivity contribution in [2.75, 3.05) is 11.9 Å². The number of ketones is 1. The van der Waals surface area contributed by atoms with E-state index in [-0.39, 0.29) is 41.9 Å². The van der Waals surface area contributed by atoms with E-state index in [4.69, 9.17) is 0 Å². The number of amides is 3. The lowest BCUT2D eigenvalue weighted by atomic mass is 9.85. The topological polar surface area (TPSA) is 83.6 Å². The average molecular weight is 354 g/mol. The molecule has 6 nitrogen and oxygen atoms in total. The Bertz CT molecular complexity index is 741. The van der Waals surface area contributed by atoms with Crippen LogP contribution in [-0.2, 0) is 14.4 Å². The predicted molar refractivity (Wildman–Crippen MR) is 96.4 cm³/mol. The monoisotopic (exact) mass is 354 g/mol. The van der Waals surface area contributed by atoms with Crippen molar-refractivity contribution in [2.45, 2.75) is 32.6 Å². The number of fused-ring (bicyclic) bond motifs is 1. The Kier molecular flexibility index (Phi) is 5.30. The predicted octanol–water partition coefficient (Wildman–Crippen LogP) is 2.56. The highest BCUT2D eigenvalue weighted by atomic mass is 16.2. The van der Waals surface area contributed by atoms with Crippen LogP contribution < -0.4 is 5.32 Å². The van der Waals surface area contributed by atoms with Gasteiger partial charge in [0.1, 0.15) is 0 Å². The van der Waals surface area contributed by atoms with Crippen molar-refractivity contribution in [1.82, 2.24) is 4.90 Å². The maximum Gasteiger partial charge on any atom is 0.233 e. The molecule has 136 valence electrons. The first kappa shape index (κ1) is 18.0. The van der Waals surface area contributed by atoms with Gasteiger partial charge in [0.2, 0.25) is 17.7 Å². The van der Waals surface area contributed by atoms with Crippen LogP contribution in [0.2, 0.25) is 0 Å². The standard InChI is InChI=1S/C20H22N2O4/c1-2-5-18(24)21-14-10-8-13(9-11-14)17(23)12-22-19(25)15-6-3-4-7-16(15)20(22)26/h3-4,8-11,15-16H,2,5-7,12H2,1H3,(H,21,24)/t15-,16+. The Morgan fingerprint density at radius 3 is 2.15 bits per heavy atom. The fourth-order valence-electron chi connectivity index (χ4n) is 3.45. The molecular weight excluding hydrogens is 332 g/mol.